The van der Waals surface area contributed by atoms with Crippen molar-refractivity contribution in [3.8, 4) is 5.75 Å². The molecule has 0 saturated carbocycles. The first-order valence-corrected chi connectivity index (χ1v) is 6.51. The Morgan fingerprint density at radius 3 is 3.00 bits per heavy atom. The highest BCUT2D eigenvalue weighted by Crippen LogP contribution is 2.25. The van der Waals surface area contributed by atoms with Crippen LogP contribution in [0.1, 0.15) is 24.0 Å². The smallest absolute Gasteiger partial charge is 0.257 e. The molecule has 0 heterocycles. The van der Waals surface area contributed by atoms with E-state index in [1.54, 1.807) is 0 Å². The zero-order valence-electron chi connectivity index (χ0n) is 10.6. The van der Waals surface area contributed by atoms with Crippen molar-refractivity contribution in [3.63, 3.8) is 0 Å². The van der Waals surface area contributed by atoms with Crippen molar-refractivity contribution in [1.29, 1.82) is 0 Å². The number of benzene rings is 1. The molecule has 0 radical (unpaired) electrons. The van der Waals surface area contributed by atoms with E-state index in [9.17, 15) is 4.79 Å². The summed E-state index contributed by atoms with van der Waals surface area (Å²) >= 11 is 0. The van der Waals surface area contributed by atoms with E-state index >= 15 is 0 Å². The van der Waals surface area contributed by atoms with Crippen LogP contribution in [0.4, 0.5) is 0 Å². The molecule has 0 fully saturated rings. The first kappa shape index (κ1) is 12.9. The van der Waals surface area contributed by atoms with Gasteiger partial charge in [-0.1, -0.05) is 6.07 Å². The minimum atomic E-state index is -0.0936. The summed E-state index contributed by atoms with van der Waals surface area (Å²) in [4.78, 5) is 11.4. The van der Waals surface area contributed by atoms with Crippen molar-refractivity contribution in [2.24, 2.45) is 5.73 Å². The average Bonchev–Trinajstić information content (AvgIpc) is 2.84. The molecule has 1 aliphatic carbocycles. The molecule has 1 aromatic carbocycles. The Kier molecular flexibility index (Phi) is 4.59. The second-order valence-corrected chi connectivity index (χ2v) is 4.56. The highest BCUT2D eigenvalue weighted by atomic mass is 16.5. The van der Waals surface area contributed by atoms with Crippen LogP contribution in [0.5, 0.6) is 5.75 Å². The number of aryl methyl sites for hydroxylation is 2. The van der Waals surface area contributed by atoms with Crippen LogP contribution < -0.4 is 15.8 Å². The van der Waals surface area contributed by atoms with E-state index in [-0.39, 0.29) is 12.5 Å². The van der Waals surface area contributed by atoms with Crippen LogP contribution in [-0.4, -0.2) is 25.6 Å². The molecule has 1 amide bonds. The Labute approximate surface area is 108 Å². The Bertz CT molecular complexity index is 418. The third kappa shape index (κ3) is 3.47. The van der Waals surface area contributed by atoms with E-state index in [2.05, 4.69) is 17.4 Å². The number of nitrogens with one attached hydrogen (secondary N) is 1. The average molecular weight is 248 g/mol. The number of carbonyl (C=O) groups is 1. The van der Waals surface area contributed by atoms with Gasteiger partial charge in [-0.2, -0.15) is 0 Å². The molecular weight excluding hydrogens is 228 g/mol. The number of rotatable bonds is 6. The monoisotopic (exact) mass is 248 g/mol. The maximum atomic E-state index is 11.4. The van der Waals surface area contributed by atoms with Gasteiger partial charge in [0.15, 0.2) is 6.61 Å². The Balaban J connectivity index is 1.78. The summed E-state index contributed by atoms with van der Waals surface area (Å²) in [7, 11) is 0. The summed E-state index contributed by atoms with van der Waals surface area (Å²) in [6.07, 6.45) is 4.30. The van der Waals surface area contributed by atoms with Crippen LogP contribution in [-0.2, 0) is 17.6 Å². The minimum absolute atomic E-state index is 0.0728. The lowest BCUT2D eigenvalue weighted by Crippen LogP contribution is -2.30. The summed E-state index contributed by atoms with van der Waals surface area (Å²) < 4.78 is 5.48. The van der Waals surface area contributed by atoms with Crippen LogP contribution in [0.15, 0.2) is 18.2 Å². The lowest BCUT2D eigenvalue weighted by molar-refractivity contribution is -0.123. The van der Waals surface area contributed by atoms with Crippen molar-refractivity contribution in [3.05, 3.63) is 29.3 Å². The molecule has 0 atom stereocenters. The van der Waals surface area contributed by atoms with Crippen LogP contribution in [0.2, 0.25) is 0 Å². The molecule has 1 aromatic rings. The van der Waals surface area contributed by atoms with E-state index in [1.807, 2.05) is 6.07 Å². The van der Waals surface area contributed by atoms with E-state index in [0.717, 1.165) is 25.0 Å². The number of ether oxygens (including phenoxy) is 1. The second-order valence-electron chi connectivity index (χ2n) is 4.56. The van der Waals surface area contributed by atoms with Crippen LogP contribution in [0.3, 0.4) is 0 Å². The van der Waals surface area contributed by atoms with Crippen molar-refractivity contribution in [1.82, 2.24) is 5.32 Å². The topological polar surface area (TPSA) is 64.3 Å². The molecule has 4 nitrogen and oxygen atoms in total. The van der Waals surface area contributed by atoms with Gasteiger partial charge in [0.05, 0.1) is 0 Å². The van der Waals surface area contributed by atoms with E-state index in [1.165, 1.54) is 17.5 Å². The fraction of sp³-hybridized carbons (Fsp3) is 0.500. The summed E-state index contributed by atoms with van der Waals surface area (Å²) in [5.41, 5.74) is 8.12. The Morgan fingerprint density at radius 2 is 2.17 bits per heavy atom. The van der Waals surface area contributed by atoms with Crippen molar-refractivity contribution in [2.45, 2.75) is 25.7 Å². The maximum absolute atomic E-state index is 11.4. The van der Waals surface area contributed by atoms with Gasteiger partial charge in [0.2, 0.25) is 0 Å². The molecular formula is C14H20N2O2. The van der Waals surface area contributed by atoms with Gasteiger partial charge in [-0.3, -0.25) is 4.79 Å². The molecule has 0 unspecified atom stereocenters. The Hall–Kier alpha value is -1.55. The lowest BCUT2D eigenvalue weighted by atomic mass is 10.1. The van der Waals surface area contributed by atoms with Gasteiger partial charge in [0, 0.05) is 6.54 Å². The van der Waals surface area contributed by atoms with Crippen molar-refractivity contribution in [2.75, 3.05) is 19.7 Å². The number of amides is 1. The summed E-state index contributed by atoms with van der Waals surface area (Å²) in [5.74, 6) is 0.688. The van der Waals surface area contributed by atoms with Crippen LogP contribution in [0.25, 0.3) is 0 Å². The number of hydrogen-bond acceptors (Lipinski definition) is 3. The van der Waals surface area contributed by atoms with E-state index in [4.69, 9.17) is 10.5 Å². The van der Waals surface area contributed by atoms with E-state index < -0.39 is 0 Å². The molecule has 0 aliphatic heterocycles. The van der Waals surface area contributed by atoms with Gasteiger partial charge in [-0.25, -0.2) is 0 Å². The predicted molar refractivity (Wildman–Crippen MR) is 70.6 cm³/mol. The van der Waals surface area contributed by atoms with Crippen molar-refractivity contribution < 1.29 is 9.53 Å². The lowest BCUT2D eigenvalue weighted by Gasteiger charge is -2.08. The molecule has 0 bridgehead atoms. The van der Waals surface area contributed by atoms with Gasteiger partial charge in [-0.05, 0) is 55.5 Å². The SMILES string of the molecule is NCCCNC(=O)COc1ccc2c(c1)CCC2. The van der Waals surface area contributed by atoms with Gasteiger partial charge >= 0.3 is 0 Å². The first-order valence-electron chi connectivity index (χ1n) is 6.51. The fourth-order valence-corrected chi connectivity index (χ4v) is 2.17. The molecule has 18 heavy (non-hydrogen) atoms. The van der Waals surface area contributed by atoms with Gasteiger partial charge in [0.25, 0.3) is 5.91 Å². The van der Waals surface area contributed by atoms with Gasteiger partial charge < -0.3 is 15.8 Å². The maximum Gasteiger partial charge on any atom is 0.257 e. The third-order valence-electron chi connectivity index (χ3n) is 3.14. The summed E-state index contributed by atoms with van der Waals surface area (Å²) in [6.45, 7) is 1.28. The molecule has 98 valence electrons. The minimum Gasteiger partial charge on any atom is -0.484 e. The Morgan fingerprint density at radius 1 is 1.33 bits per heavy atom. The quantitative estimate of drug-likeness (QED) is 0.739. The van der Waals surface area contributed by atoms with E-state index in [0.29, 0.717) is 13.1 Å². The molecule has 2 rings (SSSR count). The fourth-order valence-electron chi connectivity index (χ4n) is 2.17. The zero-order chi connectivity index (χ0) is 12.8. The summed E-state index contributed by atoms with van der Waals surface area (Å²) in [6, 6.07) is 6.09. The predicted octanol–water partition coefficient (Wildman–Crippen LogP) is 1.02. The highest BCUT2D eigenvalue weighted by Gasteiger charge is 2.11. The normalized spacial score (nSPS) is 13.2. The molecule has 0 saturated heterocycles. The van der Waals surface area contributed by atoms with Crippen LogP contribution >= 0.6 is 0 Å². The summed E-state index contributed by atoms with van der Waals surface area (Å²) in [5, 5.41) is 2.76. The van der Waals surface area contributed by atoms with Gasteiger partial charge in [0.1, 0.15) is 5.75 Å². The number of hydrogen-bond donors (Lipinski definition) is 2. The molecule has 4 heteroatoms. The molecule has 0 spiro atoms. The number of carbonyl (C=O) groups excluding carboxylic acids is 1. The highest BCUT2D eigenvalue weighted by molar-refractivity contribution is 5.77. The standard InChI is InChI=1S/C14H20N2O2/c15-7-2-8-16-14(17)10-18-13-6-5-11-3-1-4-12(11)9-13/h5-6,9H,1-4,7-8,10,15H2,(H,16,17). The number of nitrogens with two attached hydrogens (primary N) is 1. The molecule has 0 aromatic heterocycles. The zero-order valence-corrected chi connectivity index (χ0v) is 10.6. The molecule has 3 N–H and O–H groups in total. The molecule has 1 aliphatic rings. The number of fused-ring (bicyclic) bond motifs is 1. The van der Waals surface area contributed by atoms with Gasteiger partial charge in [-0.15, -0.1) is 0 Å². The van der Waals surface area contributed by atoms with Crippen LogP contribution in [0, 0.1) is 0 Å². The third-order valence-corrected chi connectivity index (χ3v) is 3.14. The second kappa shape index (κ2) is 6.40. The first-order chi connectivity index (χ1) is 8.79. The largest absolute Gasteiger partial charge is 0.484 e. The van der Waals surface area contributed by atoms with Crippen molar-refractivity contribution >= 4 is 5.91 Å².